The molecule has 2 heterocycles. The van der Waals surface area contributed by atoms with E-state index in [0.717, 1.165) is 5.75 Å². The summed E-state index contributed by atoms with van der Waals surface area (Å²) in [5.74, 6) is 1.93. The average Bonchev–Trinajstić information content (AvgIpc) is 3.15. The Balaban J connectivity index is 1.63. The molecule has 3 rings (SSSR count). The Morgan fingerprint density at radius 1 is 1.09 bits per heavy atom. The molecule has 0 radical (unpaired) electrons. The fraction of sp³-hybridized carbons (Fsp3) is 0.333. The largest absolute Gasteiger partial charge is 0.486 e. The molecule has 114 valence electrons. The first-order valence-electron chi connectivity index (χ1n) is 7.03. The molecule has 3 aromatic rings. The van der Waals surface area contributed by atoms with Crippen molar-refractivity contribution in [3.8, 4) is 17.3 Å². The van der Waals surface area contributed by atoms with Crippen molar-refractivity contribution < 1.29 is 4.74 Å². The van der Waals surface area contributed by atoms with E-state index in [1.165, 1.54) is 5.56 Å². The molecule has 0 amide bonds. The number of ether oxygens (including phenoxy) is 1. The summed E-state index contributed by atoms with van der Waals surface area (Å²) in [6, 6.07) is 8.10. The quantitative estimate of drug-likeness (QED) is 0.772. The van der Waals surface area contributed by atoms with Crippen LogP contribution in [0.4, 0.5) is 0 Å². The molecule has 0 saturated carbocycles. The van der Waals surface area contributed by atoms with Crippen LogP contribution >= 0.6 is 0 Å². The predicted octanol–water partition coefficient (Wildman–Crippen LogP) is 2.47. The van der Waals surface area contributed by atoms with Gasteiger partial charge in [-0.25, -0.2) is 4.98 Å². The van der Waals surface area contributed by atoms with E-state index < -0.39 is 0 Å². The monoisotopic (exact) mass is 298 g/mol. The lowest BCUT2D eigenvalue weighted by Crippen LogP contribution is -2.10. The highest BCUT2D eigenvalue weighted by Gasteiger charge is 2.13. The molecule has 7 nitrogen and oxygen atoms in total. The van der Waals surface area contributed by atoms with Gasteiger partial charge in [-0.05, 0) is 23.1 Å². The van der Waals surface area contributed by atoms with E-state index in [0.29, 0.717) is 23.9 Å². The zero-order chi connectivity index (χ0) is 15.6. The van der Waals surface area contributed by atoms with Gasteiger partial charge in [-0.1, -0.05) is 32.9 Å². The second-order valence-electron chi connectivity index (χ2n) is 6.02. The molecule has 0 saturated heterocycles. The zero-order valence-electron chi connectivity index (χ0n) is 12.8. The Hall–Kier alpha value is -2.70. The lowest BCUT2D eigenvalue weighted by Gasteiger charge is -2.19. The highest BCUT2D eigenvalue weighted by atomic mass is 16.5. The van der Waals surface area contributed by atoms with Crippen LogP contribution in [-0.4, -0.2) is 30.6 Å². The Bertz CT molecular complexity index is 724. The maximum absolute atomic E-state index is 5.71. The van der Waals surface area contributed by atoms with E-state index in [-0.39, 0.29) is 5.41 Å². The van der Waals surface area contributed by atoms with Crippen molar-refractivity contribution in [2.24, 2.45) is 0 Å². The predicted molar refractivity (Wildman–Crippen MR) is 81.2 cm³/mol. The minimum Gasteiger partial charge on any atom is -0.486 e. The number of aromatic amines is 2. The lowest BCUT2D eigenvalue weighted by atomic mass is 9.87. The third-order valence-corrected chi connectivity index (χ3v) is 3.27. The molecular weight excluding hydrogens is 280 g/mol. The van der Waals surface area contributed by atoms with Gasteiger partial charge in [-0.3, -0.25) is 5.10 Å². The SMILES string of the molecule is CC(C)(C)c1ccc(OCc2nc(-c3cn[nH]n3)n[nH]2)cc1. The molecule has 2 aromatic heterocycles. The van der Waals surface area contributed by atoms with Gasteiger partial charge in [0.2, 0.25) is 5.82 Å². The van der Waals surface area contributed by atoms with Gasteiger partial charge in [0.05, 0.1) is 6.20 Å². The van der Waals surface area contributed by atoms with Crippen molar-refractivity contribution >= 4 is 0 Å². The first-order chi connectivity index (χ1) is 10.5. The number of benzene rings is 1. The van der Waals surface area contributed by atoms with E-state index in [2.05, 4.69) is 63.5 Å². The third kappa shape index (κ3) is 3.13. The highest BCUT2D eigenvalue weighted by Crippen LogP contribution is 2.24. The summed E-state index contributed by atoms with van der Waals surface area (Å²) in [5, 5.41) is 17.1. The van der Waals surface area contributed by atoms with Crippen molar-refractivity contribution in [2.75, 3.05) is 0 Å². The number of nitrogens with one attached hydrogen (secondary N) is 2. The number of rotatable bonds is 4. The summed E-state index contributed by atoms with van der Waals surface area (Å²) in [4.78, 5) is 4.31. The smallest absolute Gasteiger partial charge is 0.203 e. The second-order valence-corrected chi connectivity index (χ2v) is 6.02. The zero-order valence-corrected chi connectivity index (χ0v) is 12.8. The number of aromatic nitrogens is 6. The van der Waals surface area contributed by atoms with Gasteiger partial charge in [0.1, 0.15) is 12.4 Å². The van der Waals surface area contributed by atoms with E-state index in [1.807, 2.05) is 12.1 Å². The summed E-state index contributed by atoms with van der Waals surface area (Å²) in [6.07, 6.45) is 1.57. The van der Waals surface area contributed by atoms with Gasteiger partial charge in [0.15, 0.2) is 11.5 Å². The molecule has 0 unspecified atom stereocenters. The Morgan fingerprint density at radius 2 is 1.86 bits per heavy atom. The van der Waals surface area contributed by atoms with Gasteiger partial charge in [-0.15, -0.1) is 0 Å². The molecular formula is C15H18N6O. The minimum atomic E-state index is 0.135. The molecule has 1 aromatic carbocycles. The van der Waals surface area contributed by atoms with Crippen LogP contribution in [0.5, 0.6) is 5.75 Å². The first-order valence-corrected chi connectivity index (χ1v) is 7.03. The van der Waals surface area contributed by atoms with Crippen LogP contribution in [-0.2, 0) is 12.0 Å². The molecule has 0 spiro atoms. The van der Waals surface area contributed by atoms with Crippen LogP contribution in [0.3, 0.4) is 0 Å². The van der Waals surface area contributed by atoms with Crippen molar-refractivity contribution in [1.29, 1.82) is 0 Å². The van der Waals surface area contributed by atoms with Crippen molar-refractivity contribution in [3.05, 3.63) is 41.9 Å². The lowest BCUT2D eigenvalue weighted by molar-refractivity contribution is 0.296. The number of nitrogens with zero attached hydrogens (tertiary/aromatic N) is 4. The van der Waals surface area contributed by atoms with Crippen molar-refractivity contribution in [3.63, 3.8) is 0 Å². The van der Waals surface area contributed by atoms with Gasteiger partial charge >= 0.3 is 0 Å². The maximum atomic E-state index is 5.71. The van der Waals surface area contributed by atoms with Crippen molar-refractivity contribution in [2.45, 2.75) is 32.8 Å². The number of hydrogen-bond donors (Lipinski definition) is 2. The van der Waals surface area contributed by atoms with Crippen LogP contribution in [0.1, 0.15) is 32.2 Å². The van der Waals surface area contributed by atoms with Gasteiger partial charge < -0.3 is 4.74 Å². The fourth-order valence-corrected chi connectivity index (χ4v) is 1.99. The summed E-state index contributed by atoms with van der Waals surface area (Å²) in [6.45, 7) is 6.87. The van der Waals surface area contributed by atoms with Gasteiger partial charge in [0, 0.05) is 0 Å². The standard InChI is InChI=1S/C15H18N6O/c1-15(2,3)10-4-6-11(7-5-10)22-9-13-17-14(20-19-13)12-8-16-21-18-12/h4-8H,9H2,1-3H3,(H,16,18,21)(H,17,19,20). The number of H-pyrrole nitrogens is 2. The Labute approximate surface area is 128 Å². The molecule has 0 bridgehead atoms. The maximum Gasteiger partial charge on any atom is 0.203 e. The van der Waals surface area contributed by atoms with E-state index in [1.54, 1.807) is 6.20 Å². The van der Waals surface area contributed by atoms with Crippen LogP contribution in [0.15, 0.2) is 30.5 Å². The summed E-state index contributed by atoms with van der Waals surface area (Å²) in [5.41, 5.74) is 2.00. The molecule has 0 aliphatic carbocycles. The second kappa shape index (κ2) is 5.59. The minimum absolute atomic E-state index is 0.135. The molecule has 0 atom stereocenters. The fourth-order valence-electron chi connectivity index (χ4n) is 1.99. The molecule has 7 heteroatoms. The van der Waals surface area contributed by atoms with E-state index >= 15 is 0 Å². The summed E-state index contributed by atoms with van der Waals surface area (Å²) in [7, 11) is 0. The summed E-state index contributed by atoms with van der Waals surface area (Å²) < 4.78 is 5.71. The van der Waals surface area contributed by atoms with Crippen molar-refractivity contribution in [1.82, 2.24) is 30.6 Å². The van der Waals surface area contributed by atoms with Gasteiger partial charge in [0.25, 0.3) is 0 Å². The normalized spacial score (nSPS) is 11.6. The topological polar surface area (TPSA) is 92.4 Å². The first kappa shape index (κ1) is 14.2. The Kier molecular flexibility index (Phi) is 3.62. The molecule has 0 fully saturated rings. The third-order valence-electron chi connectivity index (χ3n) is 3.27. The number of hydrogen-bond acceptors (Lipinski definition) is 5. The molecule has 22 heavy (non-hydrogen) atoms. The van der Waals surface area contributed by atoms with E-state index in [4.69, 9.17) is 4.74 Å². The van der Waals surface area contributed by atoms with Crippen LogP contribution in [0.25, 0.3) is 11.5 Å². The van der Waals surface area contributed by atoms with Crippen LogP contribution in [0, 0.1) is 0 Å². The highest BCUT2D eigenvalue weighted by molar-refractivity contribution is 5.45. The molecule has 0 aliphatic heterocycles. The van der Waals surface area contributed by atoms with Crippen LogP contribution in [0.2, 0.25) is 0 Å². The Morgan fingerprint density at radius 3 is 2.50 bits per heavy atom. The molecule has 2 N–H and O–H groups in total. The van der Waals surface area contributed by atoms with Crippen LogP contribution < -0.4 is 4.74 Å². The average molecular weight is 298 g/mol. The summed E-state index contributed by atoms with van der Waals surface area (Å²) >= 11 is 0. The van der Waals surface area contributed by atoms with Gasteiger partial charge in [-0.2, -0.15) is 20.5 Å². The molecule has 0 aliphatic rings. The van der Waals surface area contributed by atoms with E-state index in [9.17, 15) is 0 Å².